The van der Waals surface area contributed by atoms with Crippen LogP contribution in [-0.4, -0.2) is 68.0 Å². The summed E-state index contributed by atoms with van der Waals surface area (Å²) in [5.41, 5.74) is 7.41. The molecule has 0 aliphatic rings. The van der Waals surface area contributed by atoms with Gasteiger partial charge in [0.25, 0.3) is 17.7 Å². The lowest BCUT2D eigenvalue weighted by Gasteiger charge is -2.11. The van der Waals surface area contributed by atoms with Gasteiger partial charge in [0.05, 0.1) is 71.0 Å². The fraction of sp³-hybridized carbons (Fsp3) is 0.0526. The number of hydrogen-bond acceptors (Lipinski definition) is 14. The second kappa shape index (κ2) is 28.7. The van der Waals surface area contributed by atoms with Gasteiger partial charge < -0.3 is 20.6 Å². The predicted molar refractivity (Wildman–Crippen MR) is 309 cm³/mol. The largest absolute Gasteiger partial charge is 0.466 e. The third-order valence-electron chi connectivity index (χ3n) is 11.2. The summed E-state index contributed by atoms with van der Waals surface area (Å²) in [6.45, 7) is 0. The van der Waals surface area contributed by atoms with Crippen molar-refractivity contribution in [3.05, 3.63) is 236 Å². The quantitative estimate of drug-likeness (QED) is 0.0227. The molecule has 7 N–H and O–H groups in total. The Labute approximate surface area is 480 Å². The Hall–Kier alpha value is -8.08. The van der Waals surface area contributed by atoms with Crippen molar-refractivity contribution in [2.24, 2.45) is 5.90 Å². The number of carbonyl (C=O) groups is 4. The molecule has 0 saturated heterocycles. The van der Waals surface area contributed by atoms with Crippen LogP contribution in [0.2, 0.25) is 20.1 Å². The van der Waals surface area contributed by atoms with E-state index in [0.717, 1.165) is 6.08 Å². The SMILES string of the molecule is COC(=O)/C=C/c1cccc(CS(=O)(=O)c2ccc(C(=O)Nc3ccc(Cl)c(-c4ccccn4)c3)c(Cl)c2)c1.NO.O=C(/C=C/c1cccc(CS(=O)(=O)c2ccc(C(=O)Nc3ccc(Cl)c(-c4ccccn4)c3)c(Cl)c2)c1)NO. The number of hydroxylamine groups is 1. The molecule has 2 aromatic heterocycles. The number of anilines is 2. The van der Waals surface area contributed by atoms with Gasteiger partial charge in [-0.25, -0.2) is 33.0 Å². The molecular weight excluding hydrogens is 1150 g/mol. The first-order valence-electron chi connectivity index (χ1n) is 23.2. The highest BCUT2D eigenvalue weighted by Crippen LogP contribution is 2.33. The zero-order valence-electron chi connectivity index (χ0n) is 41.8. The van der Waals surface area contributed by atoms with E-state index in [-0.39, 0.29) is 42.5 Å². The first kappa shape index (κ1) is 61.1. The Balaban J connectivity index is 0.000000250. The molecule has 2 heterocycles. The van der Waals surface area contributed by atoms with Gasteiger partial charge in [0.15, 0.2) is 19.7 Å². The van der Waals surface area contributed by atoms with E-state index in [4.69, 9.17) is 56.8 Å². The van der Waals surface area contributed by atoms with Crippen molar-refractivity contribution in [3.63, 3.8) is 0 Å². The molecule has 0 unspecified atom stereocenters. The number of halogens is 4. The number of esters is 1. The number of carbonyl (C=O) groups excluding carboxylic acids is 4. The van der Waals surface area contributed by atoms with Crippen molar-refractivity contribution in [1.82, 2.24) is 15.4 Å². The summed E-state index contributed by atoms with van der Waals surface area (Å²) in [7, 11) is -6.33. The van der Waals surface area contributed by atoms with Gasteiger partial charge in [-0.05, 0) is 131 Å². The van der Waals surface area contributed by atoms with E-state index in [1.54, 1.807) is 122 Å². The molecule has 0 aliphatic heterocycles. The maximum atomic E-state index is 13.1. The lowest BCUT2D eigenvalue weighted by molar-refractivity contribution is -0.134. The van der Waals surface area contributed by atoms with Crippen LogP contribution in [-0.2, 0) is 45.5 Å². The summed E-state index contributed by atoms with van der Waals surface area (Å²) in [5.74, 6) is 0.612. The predicted octanol–water partition coefficient (Wildman–Crippen LogP) is 11.6. The van der Waals surface area contributed by atoms with Crippen LogP contribution in [0.4, 0.5) is 11.4 Å². The number of nitrogens with two attached hydrogens (primary N) is 1. The average molecular weight is 1200 g/mol. The number of benzene rings is 6. The second-order valence-corrected chi connectivity index (χ2v) is 22.3. The van der Waals surface area contributed by atoms with Crippen molar-refractivity contribution >= 4 is 113 Å². The number of sulfone groups is 2. The summed E-state index contributed by atoms with van der Waals surface area (Å²) in [6.07, 6.45) is 8.61. The van der Waals surface area contributed by atoms with Crippen LogP contribution >= 0.6 is 46.4 Å². The average Bonchev–Trinajstić information content (AvgIpc) is 3.48. The first-order chi connectivity index (χ1) is 38.3. The standard InChI is InChI=1S/C29H22Cl2N2O5S.C28H21Cl2N3O5S.H3NO/c1-38-28(34)13-8-19-5-4-6-20(15-19)18-39(36,37)22-10-11-23(26(31)17-22)29(35)33-21-9-12-25(30)24(16-21)27-7-2-3-14-32-27;29-24-11-8-20(15-23(24)26-6-1-2-13-31-26)32-28(35)22-10-9-21(16-25(22)30)39(37,38)17-19-5-3-4-18(14-19)7-12-27(34)33-36;1-2/h2-17H,18H2,1H3,(H,33,35);1-16,36H,17H2,(H,32,35)(H,33,34);2H,1H2/b13-8+;12-7+;. The van der Waals surface area contributed by atoms with Crippen LogP contribution in [0, 0.1) is 0 Å². The molecule has 0 bridgehead atoms. The minimum absolute atomic E-state index is 0.0118. The van der Waals surface area contributed by atoms with E-state index < -0.39 is 43.4 Å². The molecule has 17 nitrogen and oxygen atoms in total. The summed E-state index contributed by atoms with van der Waals surface area (Å²) in [5, 5.41) is 21.5. The molecule has 0 saturated carbocycles. The van der Waals surface area contributed by atoms with Crippen LogP contribution < -0.4 is 22.0 Å². The molecular formula is C57H46Cl4N6O11S2. The number of amides is 3. The molecule has 0 spiro atoms. The lowest BCUT2D eigenvalue weighted by atomic mass is 10.1. The number of methoxy groups -OCH3 is 1. The molecule has 0 fully saturated rings. The number of aromatic nitrogens is 2. The first-order valence-corrected chi connectivity index (χ1v) is 28.0. The van der Waals surface area contributed by atoms with Crippen molar-refractivity contribution in [1.29, 1.82) is 0 Å². The van der Waals surface area contributed by atoms with Gasteiger partial charge in [-0.2, -0.15) is 0 Å². The summed E-state index contributed by atoms with van der Waals surface area (Å²) < 4.78 is 56.9. The van der Waals surface area contributed by atoms with E-state index in [0.29, 0.717) is 66.2 Å². The molecule has 80 heavy (non-hydrogen) atoms. The Morgan fingerprint density at radius 1 is 0.537 bits per heavy atom. The van der Waals surface area contributed by atoms with Crippen LogP contribution in [0.3, 0.4) is 0 Å². The molecule has 23 heteroatoms. The van der Waals surface area contributed by atoms with Crippen LogP contribution in [0.1, 0.15) is 43.0 Å². The zero-order valence-corrected chi connectivity index (χ0v) is 46.4. The number of hydrogen-bond donors (Lipinski definition) is 6. The van der Waals surface area contributed by atoms with Crippen molar-refractivity contribution in [2.45, 2.75) is 21.3 Å². The van der Waals surface area contributed by atoms with Gasteiger partial charge in [-0.1, -0.05) is 107 Å². The van der Waals surface area contributed by atoms with Gasteiger partial charge in [0, 0.05) is 47.0 Å². The smallest absolute Gasteiger partial charge is 0.330 e. The molecule has 0 atom stereocenters. The maximum absolute atomic E-state index is 13.1. The Bertz CT molecular complexity index is 3610. The highest BCUT2D eigenvalue weighted by molar-refractivity contribution is 7.91. The number of ether oxygens (including phenoxy) is 1. The molecule has 410 valence electrons. The van der Waals surface area contributed by atoms with E-state index in [1.165, 1.54) is 67.2 Å². The van der Waals surface area contributed by atoms with E-state index in [1.807, 2.05) is 12.1 Å². The topological polar surface area (TPSA) is 274 Å². The Morgan fingerprint density at radius 3 is 1.36 bits per heavy atom. The van der Waals surface area contributed by atoms with Crippen molar-refractivity contribution in [2.75, 3.05) is 17.7 Å². The van der Waals surface area contributed by atoms with Crippen LogP contribution in [0.15, 0.2) is 192 Å². The molecule has 0 aliphatic carbocycles. The third kappa shape index (κ3) is 17.0. The number of nitrogens with zero attached hydrogens (tertiary/aromatic N) is 2. The minimum atomic E-state index is -3.81. The fourth-order valence-corrected chi connectivity index (χ4v) is 11.2. The summed E-state index contributed by atoms with van der Waals surface area (Å²) >= 11 is 25.3. The molecule has 8 aromatic rings. The Kier molecular flexibility index (Phi) is 21.9. The van der Waals surface area contributed by atoms with Crippen LogP contribution in [0.5, 0.6) is 0 Å². The van der Waals surface area contributed by atoms with Crippen LogP contribution in [0.25, 0.3) is 34.7 Å². The molecule has 3 amide bonds. The van der Waals surface area contributed by atoms with Gasteiger partial charge in [0.1, 0.15) is 0 Å². The van der Waals surface area contributed by atoms with Gasteiger partial charge >= 0.3 is 5.97 Å². The van der Waals surface area contributed by atoms with Crippen molar-refractivity contribution in [3.8, 4) is 22.5 Å². The highest BCUT2D eigenvalue weighted by atomic mass is 35.5. The van der Waals surface area contributed by atoms with E-state index in [9.17, 15) is 36.0 Å². The Morgan fingerprint density at radius 2 is 0.975 bits per heavy atom. The second-order valence-electron chi connectivity index (χ2n) is 16.7. The number of pyridine rings is 2. The fourth-order valence-electron chi connectivity index (χ4n) is 7.41. The summed E-state index contributed by atoms with van der Waals surface area (Å²) in [6, 6.07) is 42.0. The van der Waals surface area contributed by atoms with Gasteiger partial charge in [-0.3, -0.25) is 29.6 Å². The van der Waals surface area contributed by atoms with E-state index >= 15 is 0 Å². The summed E-state index contributed by atoms with van der Waals surface area (Å²) in [4.78, 5) is 56.9. The zero-order chi connectivity index (χ0) is 58.0. The lowest BCUT2D eigenvalue weighted by Crippen LogP contribution is -2.14. The van der Waals surface area contributed by atoms with Gasteiger partial charge in [-0.15, -0.1) is 0 Å². The molecule has 0 radical (unpaired) electrons. The number of nitrogens with one attached hydrogen (secondary N) is 3. The third-order valence-corrected chi connectivity index (χ3v) is 15.8. The minimum Gasteiger partial charge on any atom is -0.466 e. The molecule has 6 aromatic carbocycles. The maximum Gasteiger partial charge on any atom is 0.330 e. The van der Waals surface area contributed by atoms with Crippen molar-refractivity contribution < 1.29 is 51.2 Å². The highest BCUT2D eigenvalue weighted by Gasteiger charge is 2.22. The monoisotopic (exact) mass is 1190 g/mol. The molecule has 8 rings (SSSR count). The number of rotatable bonds is 16. The normalized spacial score (nSPS) is 11.2. The van der Waals surface area contributed by atoms with E-state index in [2.05, 4.69) is 31.2 Å². The van der Waals surface area contributed by atoms with Gasteiger partial charge in [0.2, 0.25) is 0 Å².